The van der Waals surface area contributed by atoms with E-state index in [9.17, 15) is 18.6 Å². The first-order chi connectivity index (χ1) is 22.7. The number of aryl methyl sites for hydroxylation is 1. The van der Waals surface area contributed by atoms with Crippen molar-refractivity contribution >= 4 is 40.3 Å². The average molecular weight is 660 g/mol. The Morgan fingerprint density at radius 2 is 1.79 bits per heavy atom. The van der Waals surface area contributed by atoms with Crippen LogP contribution in [0.15, 0.2) is 23.1 Å². The molecule has 250 valence electrons. The molecule has 0 bridgehead atoms. The summed E-state index contributed by atoms with van der Waals surface area (Å²) in [5, 5.41) is 6.04. The molecule has 4 fully saturated rings. The molecule has 3 amide bonds. The zero-order valence-corrected chi connectivity index (χ0v) is 28.1. The van der Waals surface area contributed by atoms with Crippen molar-refractivity contribution in [3.63, 3.8) is 0 Å². The van der Waals surface area contributed by atoms with Gasteiger partial charge in [0, 0.05) is 55.9 Å². The number of likely N-dealkylation sites (tertiary alicyclic amines) is 1. The van der Waals surface area contributed by atoms with Gasteiger partial charge in [-0.2, -0.15) is 4.98 Å². The topological polar surface area (TPSA) is 128 Å². The minimum atomic E-state index is -1.02. The van der Waals surface area contributed by atoms with Crippen LogP contribution in [0.25, 0.3) is 0 Å². The Balaban J connectivity index is 0.841. The standard InChI is InChI=1S/C35H45N7O4S/c1-35(12-2-13-35)39-31-30-27(11-18-47(30)46)36-34(38-31)41-16-7-22(8-17-41)20-40-14-9-23(10-15-40)24-3-4-26-25(19-24)21-42(33(26)45)28-5-6-29(43)37-32(28)44/h3-4,19,22-23,28H,2,5-18,20-21H2,1H3,(H,36,38,39)(H,37,43,44). The Kier molecular flexibility index (Phi) is 8.06. The van der Waals surface area contributed by atoms with Crippen LogP contribution in [-0.4, -0.2) is 91.8 Å². The summed E-state index contributed by atoms with van der Waals surface area (Å²) in [7, 11) is -1.02. The van der Waals surface area contributed by atoms with Crippen LogP contribution in [-0.2, 0) is 33.4 Å². The number of carbonyl (C=O) groups excluding carboxylic acids is 3. The summed E-state index contributed by atoms with van der Waals surface area (Å²) in [5.74, 6) is 2.62. The number of anilines is 2. The SMILES string of the molecule is CC1(Nc2nc(N3CCC(CN4CCC(c5ccc6c(c5)CN(C5CCC(=O)NC5=O)C6=O)CC4)CC3)nc3c2S(=O)CC3)CCC1. The van der Waals surface area contributed by atoms with Crippen LogP contribution in [0.1, 0.15) is 97.8 Å². The molecule has 2 aromatic rings. The molecule has 2 atom stereocenters. The number of carbonyl (C=O) groups is 3. The second-order valence-corrected chi connectivity index (χ2v) is 16.3. The lowest BCUT2D eigenvalue weighted by Gasteiger charge is -2.40. The van der Waals surface area contributed by atoms with E-state index in [4.69, 9.17) is 9.97 Å². The molecule has 2 N–H and O–H groups in total. The van der Waals surface area contributed by atoms with Gasteiger partial charge in [0.15, 0.2) is 0 Å². The van der Waals surface area contributed by atoms with Crippen LogP contribution in [0.2, 0.25) is 0 Å². The van der Waals surface area contributed by atoms with Gasteiger partial charge in [0.1, 0.15) is 16.8 Å². The number of nitrogens with zero attached hydrogens (tertiary/aromatic N) is 5. The fraction of sp³-hybridized carbons (Fsp3) is 0.629. The quantitative estimate of drug-likeness (QED) is 0.431. The maximum absolute atomic E-state index is 13.1. The normalized spacial score (nSPS) is 26.6. The van der Waals surface area contributed by atoms with Crippen LogP contribution in [0, 0.1) is 5.92 Å². The number of imide groups is 1. The first-order valence-corrected chi connectivity index (χ1v) is 18.9. The van der Waals surface area contributed by atoms with E-state index in [2.05, 4.69) is 39.5 Å². The van der Waals surface area contributed by atoms with Crippen LogP contribution in [0.4, 0.5) is 11.8 Å². The van der Waals surface area contributed by atoms with E-state index in [1.54, 1.807) is 4.90 Å². The van der Waals surface area contributed by atoms with Gasteiger partial charge in [-0.3, -0.25) is 23.9 Å². The molecule has 47 heavy (non-hydrogen) atoms. The zero-order chi connectivity index (χ0) is 32.3. The molecule has 1 aliphatic carbocycles. The minimum absolute atomic E-state index is 0.0467. The van der Waals surface area contributed by atoms with Crippen LogP contribution in [0.5, 0.6) is 0 Å². The van der Waals surface area contributed by atoms with Gasteiger partial charge in [-0.05, 0) is 100 Å². The molecule has 8 rings (SSSR count). The van der Waals surface area contributed by atoms with Crippen molar-refractivity contribution in [1.82, 2.24) is 25.1 Å². The monoisotopic (exact) mass is 659 g/mol. The second kappa shape index (κ2) is 12.3. The highest BCUT2D eigenvalue weighted by atomic mass is 32.2. The number of benzene rings is 1. The molecule has 11 nitrogen and oxygen atoms in total. The molecule has 3 saturated heterocycles. The lowest BCUT2D eigenvalue weighted by molar-refractivity contribution is -0.136. The zero-order valence-electron chi connectivity index (χ0n) is 27.3. The number of piperidine rings is 3. The van der Waals surface area contributed by atoms with E-state index >= 15 is 0 Å². The molecular formula is C35H45N7O4S. The summed E-state index contributed by atoms with van der Waals surface area (Å²) < 4.78 is 12.8. The van der Waals surface area contributed by atoms with Crippen molar-refractivity contribution in [3.05, 3.63) is 40.6 Å². The van der Waals surface area contributed by atoms with E-state index in [0.717, 1.165) is 106 Å². The predicted octanol–water partition coefficient (Wildman–Crippen LogP) is 3.35. The fourth-order valence-electron chi connectivity index (χ4n) is 8.51. The molecule has 1 saturated carbocycles. The number of fused-ring (bicyclic) bond motifs is 2. The Morgan fingerprint density at radius 3 is 2.51 bits per heavy atom. The molecule has 6 aliphatic rings. The van der Waals surface area contributed by atoms with Gasteiger partial charge in [-0.15, -0.1) is 0 Å². The first kappa shape index (κ1) is 30.9. The van der Waals surface area contributed by atoms with Gasteiger partial charge >= 0.3 is 0 Å². The van der Waals surface area contributed by atoms with Crippen LogP contribution >= 0.6 is 0 Å². The molecule has 1 aromatic heterocycles. The highest BCUT2D eigenvalue weighted by Gasteiger charge is 2.40. The summed E-state index contributed by atoms with van der Waals surface area (Å²) in [4.78, 5) is 54.4. The highest BCUT2D eigenvalue weighted by molar-refractivity contribution is 7.85. The summed E-state index contributed by atoms with van der Waals surface area (Å²) in [6.45, 7) is 7.83. The van der Waals surface area contributed by atoms with Crippen molar-refractivity contribution < 1.29 is 18.6 Å². The van der Waals surface area contributed by atoms with Crippen molar-refractivity contribution in [3.8, 4) is 0 Å². The predicted molar refractivity (Wildman–Crippen MR) is 179 cm³/mol. The number of hydrogen-bond acceptors (Lipinski definition) is 9. The van der Waals surface area contributed by atoms with Crippen LogP contribution < -0.4 is 15.5 Å². The molecule has 1 aromatic carbocycles. The van der Waals surface area contributed by atoms with Gasteiger partial charge < -0.3 is 20.0 Å². The van der Waals surface area contributed by atoms with Gasteiger partial charge in [0.2, 0.25) is 17.8 Å². The van der Waals surface area contributed by atoms with Crippen molar-refractivity contribution in [2.24, 2.45) is 5.92 Å². The van der Waals surface area contributed by atoms with Crippen molar-refractivity contribution in [1.29, 1.82) is 0 Å². The number of aromatic nitrogens is 2. The smallest absolute Gasteiger partial charge is 0.255 e. The number of rotatable bonds is 7. The fourth-order valence-corrected chi connectivity index (χ4v) is 9.81. The average Bonchev–Trinajstić information content (AvgIpc) is 3.59. The number of amides is 3. The summed E-state index contributed by atoms with van der Waals surface area (Å²) in [6, 6.07) is 5.65. The van der Waals surface area contributed by atoms with E-state index in [1.807, 2.05) is 6.07 Å². The molecule has 6 heterocycles. The van der Waals surface area contributed by atoms with E-state index in [0.29, 0.717) is 36.1 Å². The van der Waals surface area contributed by atoms with Gasteiger partial charge in [0.05, 0.1) is 16.5 Å². The van der Waals surface area contributed by atoms with Crippen LogP contribution in [0.3, 0.4) is 0 Å². The number of nitrogens with one attached hydrogen (secondary N) is 2. The number of hydrogen-bond donors (Lipinski definition) is 2. The maximum atomic E-state index is 13.1. The maximum Gasteiger partial charge on any atom is 0.255 e. The second-order valence-electron chi connectivity index (χ2n) is 14.8. The Labute approximate surface area is 278 Å². The summed E-state index contributed by atoms with van der Waals surface area (Å²) in [6.07, 6.45) is 9.32. The van der Waals surface area contributed by atoms with E-state index in [1.165, 1.54) is 12.0 Å². The summed E-state index contributed by atoms with van der Waals surface area (Å²) in [5.41, 5.74) is 3.97. The minimum Gasteiger partial charge on any atom is -0.364 e. The Morgan fingerprint density at radius 1 is 1.00 bits per heavy atom. The third-order valence-corrected chi connectivity index (χ3v) is 13.0. The van der Waals surface area contributed by atoms with E-state index in [-0.39, 0.29) is 29.7 Å². The Bertz CT molecular complexity index is 1630. The molecular weight excluding hydrogens is 614 g/mol. The van der Waals surface area contributed by atoms with E-state index < -0.39 is 16.8 Å². The molecule has 0 radical (unpaired) electrons. The Hall–Kier alpha value is -3.38. The largest absolute Gasteiger partial charge is 0.364 e. The van der Waals surface area contributed by atoms with Crippen molar-refractivity contribution in [2.45, 2.75) is 100 Å². The third kappa shape index (κ3) is 5.96. The van der Waals surface area contributed by atoms with Gasteiger partial charge in [-0.25, -0.2) is 4.98 Å². The summed E-state index contributed by atoms with van der Waals surface area (Å²) >= 11 is 0. The lowest BCUT2D eigenvalue weighted by Crippen LogP contribution is -2.52. The molecule has 0 spiro atoms. The highest BCUT2D eigenvalue weighted by Crippen LogP contribution is 2.39. The van der Waals surface area contributed by atoms with Crippen molar-refractivity contribution in [2.75, 3.05) is 48.7 Å². The third-order valence-electron chi connectivity index (χ3n) is 11.6. The van der Waals surface area contributed by atoms with Gasteiger partial charge in [-0.1, -0.05) is 12.1 Å². The molecule has 2 unspecified atom stereocenters. The first-order valence-electron chi connectivity index (χ1n) is 17.6. The molecule has 5 aliphatic heterocycles. The molecule has 12 heteroatoms. The van der Waals surface area contributed by atoms with Gasteiger partial charge in [0.25, 0.3) is 5.91 Å². The lowest BCUT2D eigenvalue weighted by atomic mass is 9.78.